The van der Waals surface area contributed by atoms with E-state index in [0.29, 0.717) is 6.04 Å². The molecule has 3 atom stereocenters. The molecule has 8 rings (SSSR count). The molecule has 4 aliphatic rings. The summed E-state index contributed by atoms with van der Waals surface area (Å²) in [4.78, 5) is 7.92. The van der Waals surface area contributed by atoms with E-state index in [1.807, 2.05) is 0 Å². The Labute approximate surface area is 183 Å². The van der Waals surface area contributed by atoms with Crippen LogP contribution in [0.5, 0.6) is 0 Å². The van der Waals surface area contributed by atoms with E-state index in [9.17, 15) is 0 Å². The summed E-state index contributed by atoms with van der Waals surface area (Å²) >= 11 is 0. The zero-order chi connectivity index (χ0) is 20.7. The van der Waals surface area contributed by atoms with Gasteiger partial charge in [0.1, 0.15) is 0 Å². The number of benzene rings is 3. The maximum absolute atomic E-state index is 2.66. The summed E-state index contributed by atoms with van der Waals surface area (Å²) < 4.78 is 2.43. The Balaban J connectivity index is 1.51. The molecule has 31 heavy (non-hydrogen) atoms. The average molecular weight is 409 g/mol. The van der Waals surface area contributed by atoms with Crippen molar-refractivity contribution in [1.29, 1.82) is 0 Å². The van der Waals surface area contributed by atoms with Crippen molar-refractivity contribution in [1.82, 2.24) is 19.3 Å². The smallest absolute Gasteiger partial charge is 0.0543 e. The average Bonchev–Trinajstić information content (AvgIpc) is 3.10. The van der Waals surface area contributed by atoms with Crippen molar-refractivity contribution in [2.75, 3.05) is 33.1 Å². The van der Waals surface area contributed by atoms with E-state index in [1.165, 1.54) is 46.1 Å². The van der Waals surface area contributed by atoms with Crippen molar-refractivity contribution in [3.8, 4) is 5.69 Å². The second kappa shape index (κ2) is 6.19. The third kappa shape index (κ3) is 2.35. The van der Waals surface area contributed by atoms with Gasteiger partial charge >= 0.3 is 0 Å². The molecule has 4 bridgehead atoms. The third-order valence-corrected chi connectivity index (χ3v) is 8.09. The van der Waals surface area contributed by atoms with Gasteiger partial charge in [-0.2, -0.15) is 0 Å². The molecule has 3 aromatic carbocycles. The highest BCUT2D eigenvalue weighted by atomic mass is 15.5. The van der Waals surface area contributed by atoms with Gasteiger partial charge in [-0.3, -0.25) is 14.7 Å². The lowest BCUT2D eigenvalue weighted by molar-refractivity contribution is -0.172. The van der Waals surface area contributed by atoms with E-state index >= 15 is 0 Å². The van der Waals surface area contributed by atoms with Crippen LogP contribution in [0.3, 0.4) is 0 Å². The fourth-order valence-corrected chi connectivity index (χ4v) is 6.74. The first-order chi connectivity index (χ1) is 15.1. The molecule has 0 N–H and O–H groups in total. The fraction of sp³-hybridized carbons (Fsp3) is 0.333. The standard InChI is InChI=1S/C27H28N4/c1-19-12-26-23(22-10-6-7-11-25(22)31(26)21-8-4-3-5-9-21)13-24(19)27-14-28-16-29(15-27)18-30(17-28)20(27)2/h3-13,20H,14-18H2,1-2H3. The SMILES string of the molecule is Cc1cc2c(cc1C13CN4CN(CN(C4)C1C)C3)c1ccccc1n2-c1ccccc1. The summed E-state index contributed by atoms with van der Waals surface area (Å²) in [5, 5.41) is 2.73. The zero-order valence-electron chi connectivity index (χ0n) is 18.3. The van der Waals surface area contributed by atoms with Gasteiger partial charge in [0.05, 0.1) is 31.0 Å². The van der Waals surface area contributed by atoms with Crippen LogP contribution in [-0.4, -0.2) is 58.4 Å². The number of rotatable bonds is 2. The van der Waals surface area contributed by atoms with Gasteiger partial charge < -0.3 is 4.57 Å². The molecule has 4 saturated heterocycles. The highest BCUT2D eigenvalue weighted by Crippen LogP contribution is 2.46. The summed E-state index contributed by atoms with van der Waals surface area (Å²) in [5.41, 5.74) is 6.98. The Kier molecular flexibility index (Phi) is 3.59. The van der Waals surface area contributed by atoms with Crippen LogP contribution in [0.15, 0.2) is 66.7 Å². The van der Waals surface area contributed by atoms with Gasteiger partial charge in [0.25, 0.3) is 0 Å². The van der Waals surface area contributed by atoms with E-state index in [0.717, 1.165) is 20.0 Å². The first kappa shape index (κ1) is 18.0. The van der Waals surface area contributed by atoms with Crippen LogP contribution in [0.1, 0.15) is 18.1 Å². The quantitative estimate of drug-likeness (QED) is 0.484. The lowest BCUT2D eigenvalue weighted by Gasteiger charge is -2.64. The maximum atomic E-state index is 2.66. The molecular formula is C27H28N4. The number of hydrogen-bond acceptors (Lipinski definition) is 3. The summed E-state index contributed by atoms with van der Waals surface area (Å²) in [7, 11) is 0. The normalized spacial score (nSPS) is 31.7. The van der Waals surface area contributed by atoms with E-state index < -0.39 is 0 Å². The summed E-state index contributed by atoms with van der Waals surface area (Å²) in [6.45, 7) is 10.5. The Morgan fingerprint density at radius 3 is 2.26 bits per heavy atom. The molecule has 3 unspecified atom stereocenters. The molecule has 0 saturated carbocycles. The molecule has 156 valence electrons. The Morgan fingerprint density at radius 1 is 0.774 bits per heavy atom. The summed E-state index contributed by atoms with van der Waals surface area (Å²) in [6.07, 6.45) is 0. The van der Waals surface area contributed by atoms with Gasteiger partial charge in [-0.15, -0.1) is 0 Å². The van der Waals surface area contributed by atoms with E-state index in [1.54, 1.807) is 5.56 Å². The molecule has 0 radical (unpaired) electrons. The number of fused-ring (bicyclic) bond motifs is 3. The van der Waals surface area contributed by atoms with Crippen LogP contribution < -0.4 is 0 Å². The monoisotopic (exact) mass is 408 g/mol. The van der Waals surface area contributed by atoms with Crippen molar-refractivity contribution in [3.63, 3.8) is 0 Å². The second-order valence-corrected chi connectivity index (χ2v) is 9.88. The highest BCUT2D eigenvalue weighted by Gasteiger charge is 2.54. The summed E-state index contributed by atoms with van der Waals surface area (Å²) in [5.74, 6) is 0. The van der Waals surface area contributed by atoms with Crippen molar-refractivity contribution in [3.05, 3.63) is 77.9 Å². The van der Waals surface area contributed by atoms with Crippen LogP contribution in [0, 0.1) is 6.92 Å². The maximum Gasteiger partial charge on any atom is 0.0543 e. The Hall–Kier alpha value is -2.66. The first-order valence-electron chi connectivity index (χ1n) is 11.4. The fourth-order valence-electron chi connectivity index (χ4n) is 6.74. The first-order valence-corrected chi connectivity index (χ1v) is 11.4. The molecule has 0 amide bonds. The number of para-hydroxylation sites is 2. The van der Waals surface area contributed by atoms with Crippen LogP contribution in [0.25, 0.3) is 27.5 Å². The van der Waals surface area contributed by atoms with Crippen LogP contribution >= 0.6 is 0 Å². The predicted octanol–water partition coefficient (Wildman–Crippen LogP) is 4.54. The minimum atomic E-state index is 0.184. The lowest BCUT2D eigenvalue weighted by Crippen LogP contribution is -2.77. The van der Waals surface area contributed by atoms with Gasteiger partial charge in [-0.05, 0) is 55.3 Å². The molecule has 5 heterocycles. The van der Waals surface area contributed by atoms with Gasteiger partial charge in [-0.25, -0.2) is 0 Å². The molecule has 0 spiro atoms. The number of aryl methyl sites for hydroxylation is 1. The molecule has 0 aliphatic carbocycles. The number of aromatic nitrogens is 1. The highest BCUT2D eigenvalue weighted by molar-refractivity contribution is 6.09. The molecule has 1 aromatic heterocycles. The Bertz CT molecular complexity index is 1310. The van der Waals surface area contributed by atoms with Crippen LogP contribution in [-0.2, 0) is 5.41 Å². The van der Waals surface area contributed by atoms with Crippen molar-refractivity contribution >= 4 is 21.8 Å². The van der Waals surface area contributed by atoms with Gasteiger partial charge in [0, 0.05) is 41.0 Å². The van der Waals surface area contributed by atoms with Crippen LogP contribution in [0.2, 0.25) is 0 Å². The van der Waals surface area contributed by atoms with Crippen LogP contribution in [0.4, 0.5) is 0 Å². The zero-order valence-corrected chi connectivity index (χ0v) is 18.3. The largest absolute Gasteiger partial charge is 0.309 e. The third-order valence-electron chi connectivity index (χ3n) is 8.09. The van der Waals surface area contributed by atoms with Crippen molar-refractivity contribution in [2.45, 2.75) is 25.3 Å². The minimum Gasteiger partial charge on any atom is -0.309 e. The van der Waals surface area contributed by atoms with Gasteiger partial charge in [0.15, 0.2) is 0 Å². The molecule has 4 nitrogen and oxygen atoms in total. The van der Waals surface area contributed by atoms with E-state index in [4.69, 9.17) is 0 Å². The second-order valence-electron chi connectivity index (χ2n) is 9.88. The topological polar surface area (TPSA) is 14.7 Å². The van der Waals surface area contributed by atoms with Gasteiger partial charge in [-0.1, -0.05) is 36.4 Å². The molecule has 4 fully saturated rings. The predicted molar refractivity (Wildman–Crippen MR) is 127 cm³/mol. The van der Waals surface area contributed by atoms with Crippen molar-refractivity contribution < 1.29 is 0 Å². The Morgan fingerprint density at radius 2 is 1.48 bits per heavy atom. The molecular weight excluding hydrogens is 380 g/mol. The number of nitrogens with zero attached hydrogens (tertiary/aromatic N) is 4. The summed E-state index contributed by atoms with van der Waals surface area (Å²) in [6, 6.07) is 25.2. The lowest BCUT2D eigenvalue weighted by atomic mass is 9.68. The van der Waals surface area contributed by atoms with Crippen molar-refractivity contribution in [2.24, 2.45) is 0 Å². The van der Waals surface area contributed by atoms with E-state index in [-0.39, 0.29) is 5.41 Å². The van der Waals surface area contributed by atoms with E-state index in [2.05, 4.69) is 99.8 Å². The minimum absolute atomic E-state index is 0.184. The number of hydrogen-bond donors (Lipinski definition) is 0. The molecule has 4 aliphatic heterocycles. The molecule has 4 aromatic rings. The molecule has 4 heteroatoms. The van der Waals surface area contributed by atoms with Gasteiger partial charge in [0.2, 0.25) is 0 Å².